The van der Waals surface area contributed by atoms with Crippen LogP contribution in [0.2, 0.25) is 0 Å². The van der Waals surface area contributed by atoms with E-state index in [2.05, 4.69) is 18.8 Å². The van der Waals surface area contributed by atoms with Crippen molar-refractivity contribution in [2.24, 2.45) is 17.8 Å². The van der Waals surface area contributed by atoms with Gasteiger partial charge >= 0.3 is 0 Å². The van der Waals surface area contributed by atoms with Gasteiger partial charge in [-0.3, -0.25) is 9.78 Å². The van der Waals surface area contributed by atoms with E-state index in [0.29, 0.717) is 11.6 Å². The van der Waals surface area contributed by atoms with Crippen molar-refractivity contribution in [3.8, 4) is 0 Å². The molecule has 17 heavy (non-hydrogen) atoms. The minimum atomic E-state index is 0.190. The lowest BCUT2D eigenvalue weighted by Crippen LogP contribution is -2.27. The molecule has 2 heteroatoms. The summed E-state index contributed by atoms with van der Waals surface area (Å²) in [5.41, 5.74) is 1.68. The number of carbonyl (C=O) groups excluding carboxylic acids is 1. The van der Waals surface area contributed by atoms with Crippen LogP contribution in [-0.2, 0) is 0 Å². The molecule has 0 radical (unpaired) electrons. The van der Waals surface area contributed by atoms with Gasteiger partial charge in [-0.25, -0.2) is 0 Å². The molecule has 0 aliphatic heterocycles. The van der Waals surface area contributed by atoms with Gasteiger partial charge in [-0.2, -0.15) is 0 Å². The van der Waals surface area contributed by atoms with Crippen molar-refractivity contribution >= 4 is 5.78 Å². The van der Waals surface area contributed by atoms with Gasteiger partial charge in [0.05, 0.1) is 0 Å². The summed E-state index contributed by atoms with van der Waals surface area (Å²) in [5, 5.41) is 0. The lowest BCUT2D eigenvalue weighted by atomic mass is 9.74. The molecule has 92 valence electrons. The Balaban J connectivity index is 2.14. The molecule has 0 amide bonds. The largest absolute Gasteiger partial charge is 0.292 e. The molecule has 0 aromatic carbocycles. The smallest absolute Gasteiger partial charge is 0.184 e. The van der Waals surface area contributed by atoms with Gasteiger partial charge in [-0.05, 0) is 49.7 Å². The molecule has 3 atom stereocenters. The van der Waals surface area contributed by atoms with E-state index in [1.165, 1.54) is 6.42 Å². The lowest BCUT2D eigenvalue weighted by molar-refractivity contribution is 0.0831. The number of aromatic nitrogens is 1. The Labute approximate surface area is 103 Å². The molecule has 2 rings (SSSR count). The molecule has 1 aliphatic rings. The van der Waals surface area contributed by atoms with Gasteiger partial charge < -0.3 is 0 Å². The molecule has 1 heterocycles. The quantitative estimate of drug-likeness (QED) is 0.727. The average molecular weight is 231 g/mol. The summed E-state index contributed by atoms with van der Waals surface area (Å²) in [6.07, 6.45) is 4.94. The molecule has 1 aromatic rings. The highest BCUT2D eigenvalue weighted by atomic mass is 16.1. The summed E-state index contributed by atoms with van der Waals surface area (Å²) in [4.78, 5) is 16.7. The molecule has 1 fully saturated rings. The highest BCUT2D eigenvalue weighted by molar-refractivity contribution is 5.97. The fourth-order valence-electron chi connectivity index (χ4n) is 2.72. The standard InChI is InChI=1S/C15H21NO/c1-10-6-7-13(9-12(10)3)15(17)14-11(2)5-4-8-16-14/h4-5,8,10,12-13H,6-7,9H2,1-3H3. The number of rotatable bonds is 2. The van der Waals surface area contributed by atoms with Crippen molar-refractivity contribution in [2.75, 3.05) is 0 Å². The maximum absolute atomic E-state index is 12.4. The first-order valence-electron chi connectivity index (χ1n) is 6.55. The van der Waals surface area contributed by atoms with Crippen LogP contribution in [0, 0.1) is 24.7 Å². The molecule has 0 saturated heterocycles. The second-order valence-corrected chi connectivity index (χ2v) is 5.50. The maximum Gasteiger partial charge on any atom is 0.184 e. The van der Waals surface area contributed by atoms with Crippen molar-refractivity contribution in [2.45, 2.75) is 40.0 Å². The van der Waals surface area contributed by atoms with Gasteiger partial charge in [-0.15, -0.1) is 0 Å². The summed E-state index contributed by atoms with van der Waals surface area (Å²) >= 11 is 0. The number of pyridine rings is 1. The minimum absolute atomic E-state index is 0.190. The Hall–Kier alpha value is -1.18. The van der Waals surface area contributed by atoms with Gasteiger partial charge in [0.15, 0.2) is 5.78 Å². The molecular weight excluding hydrogens is 210 g/mol. The number of hydrogen-bond acceptors (Lipinski definition) is 2. The van der Waals surface area contributed by atoms with E-state index in [0.717, 1.165) is 24.3 Å². The monoisotopic (exact) mass is 231 g/mol. The zero-order chi connectivity index (χ0) is 12.4. The van der Waals surface area contributed by atoms with Crippen LogP contribution >= 0.6 is 0 Å². The van der Waals surface area contributed by atoms with Crippen molar-refractivity contribution < 1.29 is 4.79 Å². The SMILES string of the molecule is Cc1cccnc1C(=O)C1CCC(C)C(C)C1. The second-order valence-electron chi connectivity index (χ2n) is 5.50. The van der Waals surface area contributed by atoms with Crippen molar-refractivity contribution in [3.05, 3.63) is 29.6 Å². The van der Waals surface area contributed by atoms with Crippen LogP contribution in [-0.4, -0.2) is 10.8 Å². The van der Waals surface area contributed by atoms with Gasteiger partial charge in [0.1, 0.15) is 5.69 Å². The van der Waals surface area contributed by atoms with Gasteiger partial charge in [-0.1, -0.05) is 19.9 Å². The average Bonchev–Trinajstić information content (AvgIpc) is 2.32. The Morgan fingerprint density at radius 3 is 2.71 bits per heavy atom. The third kappa shape index (κ3) is 2.56. The van der Waals surface area contributed by atoms with Gasteiger partial charge in [0.2, 0.25) is 0 Å². The molecular formula is C15H21NO. The molecule has 1 saturated carbocycles. The summed E-state index contributed by atoms with van der Waals surface area (Å²) in [6, 6.07) is 3.85. The molecule has 0 spiro atoms. The first kappa shape index (κ1) is 12.3. The van der Waals surface area contributed by atoms with Crippen molar-refractivity contribution in [1.82, 2.24) is 4.98 Å². The number of nitrogens with zero attached hydrogens (tertiary/aromatic N) is 1. The Bertz CT molecular complexity index is 413. The molecule has 3 unspecified atom stereocenters. The van der Waals surface area contributed by atoms with Crippen LogP contribution < -0.4 is 0 Å². The highest BCUT2D eigenvalue weighted by Gasteiger charge is 2.30. The molecule has 2 nitrogen and oxygen atoms in total. The summed E-state index contributed by atoms with van der Waals surface area (Å²) in [6.45, 7) is 6.52. The van der Waals surface area contributed by atoms with Crippen molar-refractivity contribution in [3.63, 3.8) is 0 Å². The van der Waals surface area contributed by atoms with E-state index in [1.54, 1.807) is 6.20 Å². The fourth-order valence-corrected chi connectivity index (χ4v) is 2.72. The van der Waals surface area contributed by atoms with Crippen molar-refractivity contribution in [1.29, 1.82) is 0 Å². The number of Topliss-reactive ketones (excluding diaryl/α,β-unsaturated/α-hetero) is 1. The number of ketones is 1. The normalized spacial score (nSPS) is 29.0. The Morgan fingerprint density at radius 1 is 1.29 bits per heavy atom. The van der Waals surface area contributed by atoms with Crippen LogP contribution in [0.15, 0.2) is 18.3 Å². The summed E-state index contributed by atoms with van der Waals surface area (Å²) < 4.78 is 0. The molecule has 1 aliphatic carbocycles. The number of carbonyl (C=O) groups is 1. The predicted molar refractivity (Wildman–Crippen MR) is 69.0 cm³/mol. The van der Waals surface area contributed by atoms with E-state index in [4.69, 9.17) is 0 Å². The molecule has 1 aromatic heterocycles. The highest BCUT2D eigenvalue weighted by Crippen LogP contribution is 2.35. The minimum Gasteiger partial charge on any atom is -0.292 e. The van der Waals surface area contributed by atoms with E-state index in [1.807, 2.05) is 19.1 Å². The summed E-state index contributed by atoms with van der Waals surface area (Å²) in [7, 11) is 0. The van der Waals surface area contributed by atoms with Crippen LogP contribution in [0.3, 0.4) is 0 Å². The Morgan fingerprint density at radius 2 is 2.06 bits per heavy atom. The predicted octanol–water partition coefficient (Wildman–Crippen LogP) is 3.65. The number of hydrogen-bond donors (Lipinski definition) is 0. The first-order valence-corrected chi connectivity index (χ1v) is 6.55. The van der Waals surface area contributed by atoms with E-state index >= 15 is 0 Å². The number of aryl methyl sites for hydroxylation is 1. The molecule has 0 bridgehead atoms. The van der Waals surface area contributed by atoms with Crippen LogP contribution in [0.5, 0.6) is 0 Å². The van der Waals surface area contributed by atoms with Crippen LogP contribution in [0.25, 0.3) is 0 Å². The third-order valence-corrected chi connectivity index (χ3v) is 4.21. The van der Waals surface area contributed by atoms with Crippen LogP contribution in [0.1, 0.15) is 49.2 Å². The van der Waals surface area contributed by atoms with Gasteiger partial charge in [0, 0.05) is 12.1 Å². The topological polar surface area (TPSA) is 30.0 Å². The fraction of sp³-hybridized carbons (Fsp3) is 0.600. The van der Waals surface area contributed by atoms with E-state index in [9.17, 15) is 4.79 Å². The molecule has 0 N–H and O–H groups in total. The zero-order valence-electron chi connectivity index (χ0n) is 10.9. The zero-order valence-corrected chi connectivity index (χ0v) is 10.9. The van der Waals surface area contributed by atoms with Gasteiger partial charge in [0.25, 0.3) is 0 Å². The Kier molecular flexibility index (Phi) is 3.60. The van der Waals surface area contributed by atoms with E-state index < -0.39 is 0 Å². The third-order valence-electron chi connectivity index (χ3n) is 4.21. The van der Waals surface area contributed by atoms with Crippen LogP contribution in [0.4, 0.5) is 0 Å². The van der Waals surface area contributed by atoms with E-state index in [-0.39, 0.29) is 11.7 Å². The first-order chi connectivity index (χ1) is 8.09. The summed E-state index contributed by atoms with van der Waals surface area (Å²) in [5.74, 6) is 1.85. The second kappa shape index (κ2) is 4.99. The maximum atomic E-state index is 12.4. The lowest BCUT2D eigenvalue weighted by Gasteiger charge is -2.31.